The molecule has 1 fully saturated rings. The van der Waals surface area contributed by atoms with Gasteiger partial charge in [-0.3, -0.25) is 4.18 Å². The van der Waals surface area contributed by atoms with E-state index in [1.54, 1.807) is 0 Å². The molecule has 0 N–H and O–H groups in total. The first-order valence-corrected chi connectivity index (χ1v) is 7.45. The van der Waals surface area contributed by atoms with E-state index in [1.807, 2.05) is 0 Å². The average molecular weight is 348 g/mol. The first kappa shape index (κ1) is 17.1. The Morgan fingerprint density at radius 2 is 1.59 bits per heavy atom. The van der Waals surface area contributed by atoms with Crippen molar-refractivity contribution in [3.8, 4) is 0 Å². The molecule has 10 heteroatoms. The summed E-state index contributed by atoms with van der Waals surface area (Å²) in [5, 5.41) is 0. The summed E-state index contributed by atoms with van der Waals surface area (Å²) in [6, 6.07) is 2.52. The summed E-state index contributed by atoms with van der Waals surface area (Å²) in [5.74, 6) is -2.53. The van der Waals surface area contributed by atoms with Crippen LogP contribution in [0.5, 0.6) is 0 Å². The maximum Gasteiger partial charge on any atom is 0.416 e. The molecule has 0 aliphatic heterocycles. The third kappa shape index (κ3) is 3.92. The number of hydrogen-bond acceptors (Lipinski definition) is 3. The van der Waals surface area contributed by atoms with Crippen LogP contribution in [-0.4, -0.2) is 21.2 Å². The van der Waals surface area contributed by atoms with Crippen molar-refractivity contribution in [3.05, 3.63) is 29.8 Å². The molecule has 2 rings (SSSR count). The predicted octanol–water partition coefficient (Wildman–Crippen LogP) is 3.61. The van der Waals surface area contributed by atoms with Crippen LogP contribution in [0.3, 0.4) is 0 Å². The summed E-state index contributed by atoms with van der Waals surface area (Å²) >= 11 is 0. The molecule has 1 aromatic rings. The van der Waals surface area contributed by atoms with Gasteiger partial charge in [0.05, 0.1) is 23.0 Å². The highest BCUT2D eigenvalue weighted by atomic mass is 32.2. The first-order chi connectivity index (χ1) is 9.91. The maximum atomic E-state index is 12.3. The summed E-state index contributed by atoms with van der Waals surface area (Å²) in [6.07, 6.45) is -9.23. The normalized spacial score (nSPS) is 22.6. The van der Waals surface area contributed by atoms with Gasteiger partial charge in [-0.1, -0.05) is 0 Å². The second-order valence-corrected chi connectivity index (χ2v) is 6.52. The maximum absolute atomic E-state index is 12.3. The lowest BCUT2D eigenvalue weighted by Crippen LogP contribution is -2.15. The fourth-order valence-electron chi connectivity index (χ4n) is 1.89. The van der Waals surface area contributed by atoms with E-state index >= 15 is 0 Å². The zero-order valence-corrected chi connectivity index (χ0v) is 11.6. The topological polar surface area (TPSA) is 43.4 Å². The van der Waals surface area contributed by atoms with E-state index in [-0.39, 0.29) is 6.42 Å². The number of benzene rings is 1. The summed E-state index contributed by atoms with van der Waals surface area (Å²) in [7, 11) is -4.38. The molecule has 0 heterocycles. The third-order valence-corrected chi connectivity index (χ3v) is 4.55. The van der Waals surface area contributed by atoms with E-state index in [2.05, 4.69) is 4.18 Å². The molecule has 0 amide bonds. The fraction of sp³-hybridized carbons (Fsp3) is 0.500. The van der Waals surface area contributed by atoms with Gasteiger partial charge < -0.3 is 0 Å². The molecule has 0 spiro atoms. The van der Waals surface area contributed by atoms with Gasteiger partial charge in [0, 0.05) is 0 Å². The van der Waals surface area contributed by atoms with Crippen LogP contribution in [0, 0.1) is 11.8 Å². The van der Waals surface area contributed by atoms with Gasteiger partial charge in [-0.25, -0.2) is 0 Å². The molecule has 1 aliphatic carbocycles. The molecule has 2 unspecified atom stereocenters. The summed E-state index contributed by atoms with van der Waals surface area (Å²) < 4.78 is 102. The van der Waals surface area contributed by atoms with Crippen molar-refractivity contribution in [2.75, 3.05) is 6.61 Å². The Kier molecular flexibility index (Phi) is 4.20. The van der Waals surface area contributed by atoms with Gasteiger partial charge in [-0.2, -0.15) is 34.8 Å². The van der Waals surface area contributed by atoms with Crippen molar-refractivity contribution in [2.24, 2.45) is 11.8 Å². The molecule has 124 valence electrons. The summed E-state index contributed by atoms with van der Waals surface area (Å²) in [5.41, 5.74) is -1.04. The standard InChI is InChI=1S/C12H10F6O3S/c13-11(14,15)8-1-3-9(4-2-8)22(19,20)21-6-7-5-10(7)12(16,17)18/h1-4,7,10H,5-6H2. The highest BCUT2D eigenvalue weighted by Gasteiger charge is 2.55. The van der Waals surface area contributed by atoms with E-state index in [1.165, 1.54) is 0 Å². The van der Waals surface area contributed by atoms with Crippen LogP contribution >= 0.6 is 0 Å². The van der Waals surface area contributed by atoms with E-state index in [9.17, 15) is 34.8 Å². The minimum atomic E-state index is -4.61. The van der Waals surface area contributed by atoms with Crippen molar-refractivity contribution in [1.82, 2.24) is 0 Å². The van der Waals surface area contributed by atoms with Crippen molar-refractivity contribution in [1.29, 1.82) is 0 Å². The Bertz CT molecular complexity index is 632. The van der Waals surface area contributed by atoms with Gasteiger partial charge in [0.15, 0.2) is 0 Å². The quantitative estimate of drug-likeness (QED) is 0.617. The van der Waals surface area contributed by atoms with Gasteiger partial charge in [-0.15, -0.1) is 0 Å². The van der Waals surface area contributed by atoms with E-state index in [0.717, 1.165) is 0 Å². The van der Waals surface area contributed by atoms with Crippen LogP contribution < -0.4 is 0 Å². The lowest BCUT2D eigenvalue weighted by atomic mass is 10.2. The van der Waals surface area contributed by atoms with Gasteiger partial charge >= 0.3 is 12.4 Å². The largest absolute Gasteiger partial charge is 0.416 e. The number of halogens is 6. The Morgan fingerprint density at radius 3 is 2.00 bits per heavy atom. The third-order valence-electron chi connectivity index (χ3n) is 3.25. The van der Waals surface area contributed by atoms with E-state index in [4.69, 9.17) is 0 Å². The van der Waals surface area contributed by atoms with Crippen molar-refractivity contribution < 1.29 is 38.9 Å². The zero-order valence-electron chi connectivity index (χ0n) is 10.8. The molecule has 3 nitrogen and oxygen atoms in total. The number of alkyl halides is 6. The fourth-order valence-corrected chi connectivity index (χ4v) is 2.85. The molecule has 0 aromatic heterocycles. The second-order valence-electron chi connectivity index (χ2n) is 4.90. The molecule has 22 heavy (non-hydrogen) atoms. The highest BCUT2D eigenvalue weighted by molar-refractivity contribution is 7.86. The van der Waals surface area contributed by atoms with Crippen LogP contribution in [-0.2, 0) is 20.5 Å². The smallest absolute Gasteiger partial charge is 0.266 e. The summed E-state index contributed by atoms with van der Waals surface area (Å²) in [6.45, 7) is -0.645. The van der Waals surface area contributed by atoms with Crippen molar-refractivity contribution >= 4 is 10.1 Å². The Hall–Kier alpha value is -1.29. The van der Waals surface area contributed by atoms with Crippen LogP contribution in [0.25, 0.3) is 0 Å². The van der Waals surface area contributed by atoms with Crippen LogP contribution in [0.4, 0.5) is 26.3 Å². The molecule has 1 saturated carbocycles. The average Bonchev–Trinajstić information content (AvgIpc) is 3.15. The number of rotatable bonds is 4. The predicted molar refractivity (Wildman–Crippen MR) is 62.2 cm³/mol. The van der Waals surface area contributed by atoms with Gasteiger partial charge in [-0.05, 0) is 36.6 Å². The minimum Gasteiger partial charge on any atom is -0.266 e. The molecule has 0 saturated heterocycles. The van der Waals surface area contributed by atoms with Crippen molar-refractivity contribution in [3.63, 3.8) is 0 Å². The van der Waals surface area contributed by atoms with Crippen LogP contribution in [0.1, 0.15) is 12.0 Å². The minimum absolute atomic E-state index is 0.216. The first-order valence-electron chi connectivity index (χ1n) is 6.04. The van der Waals surface area contributed by atoms with E-state index in [0.29, 0.717) is 24.3 Å². The SMILES string of the molecule is O=S(=O)(OCC1CC1C(F)(F)F)c1ccc(C(F)(F)F)cc1. The molecule has 0 radical (unpaired) electrons. The lowest BCUT2D eigenvalue weighted by Gasteiger charge is -2.09. The van der Waals surface area contributed by atoms with Crippen LogP contribution in [0.15, 0.2) is 29.2 Å². The molecule has 1 aromatic carbocycles. The molecular weight excluding hydrogens is 338 g/mol. The Balaban J connectivity index is 2.00. The molecule has 1 aliphatic rings. The van der Waals surface area contributed by atoms with Gasteiger partial charge in [0.2, 0.25) is 0 Å². The van der Waals surface area contributed by atoms with Gasteiger partial charge in [0.25, 0.3) is 10.1 Å². The monoisotopic (exact) mass is 348 g/mol. The highest BCUT2D eigenvalue weighted by Crippen LogP contribution is 2.50. The molecule has 2 atom stereocenters. The van der Waals surface area contributed by atoms with Gasteiger partial charge in [0.1, 0.15) is 0 Å². The number of hydrogen-bond donors (Lipinski definition) is 0. The Labute approximate surface area is 122 Å². The zero-order chi connectivity index (χ0) is 16.8. The summed E-state index contributed by atoms with van der Waals surface area (Å²) in [4.78, 5) is -0.537. The molecule has 0 bridgehead atoms. The van der Waals surface area contributed by atoms with Crippen molar-refractivity contribution in [2.45, 2.75) is 23.7 Å². The van der Waals surface area contributed by atoms with E-state index < -0.39 is 51.4 Å². The molecular formula is C12H10F6O3S. The second kappa shape index (κ2) is 5.41. The lowest BCUT2D eigenvalue weighted by molar-refractivity contribution is -0.151. The van der Waals surface area contributed by atoms with Crippen LogP contribution in [0.2, 0.25) is 0 Å². The Morgan fingerprint density at radius 1 is 1.05 bits per heavy atom.